The lowest BCUT2D eigenvalue weighted by Crippen LogP contribution is -2.22. The molecule has 1 unspecified atom stereocenters. The lowest BCUT2D eigenvalue weighted by atomic mass is 10.2. The van der Waals surface area contributed by atoms with Gasteiger partial charge < -0.3 is 19.4 Å². The van der Waals surface area contributed by atoms with Gasteiger partial charge in [-0.05, 0) is 43.3 Å². The van der Waals surface area contributed by atoms with E-state index in [1.54, 1.807) is 12.1 Å². The standard InChI is InChI=1S/C18H20N2O5/c1-13(20-9-3-4-10-20)11-17(22)25-12-16(21)19-15-7-5-14(6-8-15)18(23)24-2/h3-10,13H,11-12H2,1-2H3,(H,19,21). The monoisotopic (exact) mass is 344 g/mol. The highest BCUT2D eigenvalue weighted by molar-refractivity contribution is 5.94. The number of hydrogen-bond acceptors (Lipinski definition) is 5. The fraction of sp³-hybridized carbons (Fsp3) is 0.278. The van der Waals surface area contributed by atoms with Crippen LogP contribution in [0.1, 0.15) is 29.7 Å². The van der Waals surface area contributed by atoms with Crippen LogP contribution in [0, 0.1) is 0 Å². The van der Waals surface area contributed by atoms with Crippen LogP contribution in [0.15, 0.2) is 48.8 Å². The Bertz CT molecular complexity index is 722. The van der Waals surface area contributed by atoms with E-state index in [0.29, 0.717) is 11.3 Å². The first-order valence-corrected chi connectivity index (χ1v) is 7.76. The van der Waals surface area contributed by atoms with E-state index < -0.39 is 17.8 Å². The van der Waals surface area contributed by atoms with E-state index in [1.165, 1.54) is 19.2 Å². The molecule has 0 radical (unpaired) electrons. The van der Waals surface area contributed by atoms with Crippen molar-refractivity contribution in [3.05, 3.63) is 54.4 Å². The highest BCUT2D eigenvalue weighted by Gasteiger charge is 2.13. The van der Waals surface area contributed by atoms with Gasteiger partial charge in [-0.1, -0.05) is 0 Å². The molecule has 1 aromatic carbocycles. The highest BCUT2D eigenvalue weighted by atomic mass is 16.5. The number of aromatic nitrogens is 1. The number of rotatable bonds is 7. The van der Waals surface area contributed by atoms with Crippen LogP contribution in [0.3, 0.4) is 0 Å². The normalized spacial score (nSPS) is 11.4. The van der Waals surface area contributed by atoms with Gasteiger partial charge in [-0.25, -0.2) is 4.79 Å². The van der Waals surface area contributed by atoms with Crippen molar-refractivity contribution in [2.45, 2.75) is 19.4 Å². The van der Waals surface area contributed by atoms with Crippen LogP contribution >= 0.6 is 0 Å². The van der Waals surface area contributed by atoms with Crippen molar-refractivity contribution in [2.24, 2.45) is 0 Å². The number of nitrogens with one attached hydrogen (secondary N) is 1. The van der Waals surface area contributed by atoms with Gasteiger partial charge in [0.2, 0.25) is 0 Å². The molecule has 1 heterocycles. The third-order valence-corrected chi connectivity index (χ3v) is 3.55. The molecule has 0 bridgehead atoms. The van der Waals surface area contributed by atoms with Crippen molar-refractivity contribution in [3.63, 3.8) is 0 Å². The minimum Gasteiger partial charge on any atom is -0.465 e. The van der Waals surface area contributed by atoms with Gasteiger partial charge >= 0.3 is 11.9 Å². The molecular weight excluding hydrogens is 324 g/mol. The largest absolute Gasteiger partial charge is 0.465 e. The summed E-state index contributed by atoms with van der Waals surface area (Å²) in [6.45, 7) is 1.53. The average Bonchev–Trinajstić information content (AvgIpc) is 3.15. The highest BCUT2D eigenvalue weighted by Crippen LogP contribution is 2.12. The molecule has 7 heteroatoms. The van der Waals surface area contributed by atoms with Crippen LogP contribution in [0.2, 0.25) is 0 Å². The number of benzene rings is 1. The van der Waals surface area contributed by atoms with Crippen LogP contribution in [0.25, 0.3) is 0 Å². The van der Waals surface area contributed by atoms with Crippen LogP contribution in [-0.2, 0) is 19.1 Å². The molecular formula is C18H20N2O5. The summed E-state index contributed by atoms with van der Waals surface area (Å²) in [4.78, 5) is 34.9. The topological polar surface area (TPSA) is 86.6 Å². The van der Waals surface area contributed by atoms with Crippen molar-refractivity contribution in [1.82, 2.24) is 4.57 Å². The molecule has 1 atom stereocenters. The van der Waals surface area contributed by atoms with Crippen molar-refractivity contribution < 1.29 is 23.9 Å². The molecule has 1 amide bonds. The zero-order valence-electron chi connectivity index (χ0n) is 14.1. The summed E-state index contributed by atoms with van der Waals surface area (Å²) in [5.41, 5.74) is 0.875. The Hall–Kier alpha value is -3.09. The number of esters is 2. The molecule has 1 aromatic heterocycles. The number of anilines is 1. The lowest BCUT2D eigenvalue weighted by molar-refractivity contribution is -0.148. The molecule has 0 saturated heterocycles. The Labute approximate surface area is 145 Å². The molecule has 2 aromatic rings. The van der Waals surface area contributed by atoms with Crippen molar-refractivity contribution in [1.29, 1.82) is 0 Å². The molecule has 0 aliphatic heterocycles. The second kappa shape index (κ2) is 8.68. The lowest BCUT2D eigenvalue weighted by Gasteiger charge is -2.13. The van der Waals surface area contributed by atoms with E-state index in [4.69, 9.17) is 4.74 Å². The molecule has 25 heavy (non-hydrogen) atoms. The number of ether oxygens (including phenoxy) is 2. The molecule has 132 valence electrons. The molecule has 7 nitrogen and oxygen atoms in total. The van der Waals surface area contributed by atoms with Gasteiger partial charge in [0.15, 0.2) is 6.61 Å². The Morgan fingerprint density at radius 3 is 2.36 bits per heavy atom. The van der Waals surface area contributed by atoms with Crippen LogP contribution in [0.4, 0.5) is 5.69 Å². The van der Waals surface area contributed by atoms with Gasteiger partial charge in [-0.2, -0.15) is 0 Å². The van der Waals surface area contributed by atoms with E-state index in [9.17, 15) is 14.4 Å². The maximum Gasteiger partial charge on any atom is 0.337 e. The van der Waals surface area contributed by atoms with Crippen molar-refractivity contribution in [3.8, 4) is 0 Å². The molecule has 0 spiro atoms. The number of methoxy groups -OCH3 is 1. The maximum atomic E-state index is 11.8. The Kier molecular flexibility index (Phi) is 6.33. The molecule has 0 saturated carbocycles. The minimum atomic E-state index is -0.455. The first-order chi connectivity index (χ1) is 12.0. The molecule has 0 aliphatic carbocycles. The van der Waals surface area contributed by atoms with E-state index in [0.717, 1.165) is 0 Å². The van der Waals surface area contributed by atoms with Gasteiger partial charge in [0, 0.05) is 24.1 Å². The summed E-state index contributed by atoms with van der Waals surface area (Å²) in [5, 5.41) is 2.59. The van der Waals surface area contributed by atoms with Gasteiger partial charge in [0.05, 0.1) is 19.1 Å². The second-order valence-electron chi connectivity index (χ2n) is 5.46. The Morgan fingerprint density at radius 1 is 1.12 bits per heavy atom. The minimum absolute atomic E-state index is 0.0450. The number of hydrogen-bond donors (Lipinski definition) is 1. The van der Waals surface area contributed by atoms with Gasteiger partial charge in [0.25, 0.3) is 5.91 Å². The zero-order chi connectivity index (χ0) is 18.2. The molecule has 0 fully saturated rings. The second-order valence-corrected chi connectivity index (χ2v) is 5.46. The summed E-state index contributed by atoms with van der Waals surface area (Å²) in [5.74, 6) is -1.35. The Balaban J connectivity index is 1.76. The quantitative estimate of drug-likeness (QED) is 0.780. The van der Waals surface area contributed by atoms with Crippen molar-refractivity contribution >= 4 is 23.5 Å². The number of amides is 1. The third-order valence-electron chi connectivity index (χ3n) is 3.55. The van der Waals surface area contributed by atoms with Crippen LogP contribution in [-0.4, -0.2) is 36.1 Å². The first-order valence-electron chi connectivity index (χ1n) is 7.76. The van der Waals surface area contributed by atoms with E-state index in [-0.39, 0.29) is 19.1 Å². The summed E-state index contributed by atoms with van der Waals surface area (Å²) in [7, 11) is 1.30. The van der Waals surface area contributed by atoms with E-state index in [1.807, 2.05) is 36.0 Å². The van der Waals surface area contributed by atoms with E-state index >= 15 is 0 Å². The number of nitrogens with zero attached hydrogens (tertiary/aromatic N) is 1. The fourth-order valence-corrected chi connectivity index (χ4v) is 2.20. The zero-order valence-corrected chi connectivity index (χ0v) is 14.1. The van der Waals surface area contributed by atoms with Crippen molar-refractivity contribution in [2.75, 3.05) is 19.0 Å². The average molecular weight is 344 g/mol. The maximum absolute atomic E-state index is 11.8. The SMILES string of the molecule is COC(=O)c1ccc(NC(=O)COC(=O)CC(C)n2cccc2)cc1. The predicted molar refractivity (Wildman–Crippen MR) is 91.1 cm³/mol. The molecule has 0 aliphatic rings. The number of carbonyl (C=O) groups excluding carboxylic acids is 3. The molecule has 2 rings (SSSR count). The van der Waals surface area contributed by atoms with Gasteiger partial charge in [-0.15, -0.1) is 0 Å². The molecule has 1 N–H and O–H groups in total. The van der Waals surface area contributed by atoms with Crippen LogP contribution in [0.5, 0.6) is 0 Å². The summed E-state index contributed by atoms with van der Waals surface area (Å²) < 4.78 is 11.5. The van der Waals surface area contributed by atoms with E-state index in [2.05, 4.69) is 10.1 Å². The summed E-state index contributed by atoms with van der Waals surface area (Å²) >= 11 is 0. The summed E-state index contributed by atoms with van der Waals surface area (Å²) in [6.07, 6.45) is 3.90. The smallest absolute Gasteiger partial charge is 0.337 e. The van der Waals surface area contributed by atoms with Gasteiger partial charge in [0.1, 0.15) is 0 Å². The summed E-state index contributed by atoms with van der Waals surface area (Å²) in [6, 6.07) is 9.91. The fourth-order valence-electron chi connectivity index (χ4n) is 2.20. The van der Waals surface area contributed by atoms with Crippen LogP contribution < -0.4 is 5.32 Å². The first kappa shape index (κ1) is 18.3. The van der Waals surface area contributed by atoms with Gasteiger partial charge in [-0.3, -0.25) is 9.59 Å². The Morgan fingerprint density at radius 2 is 1.76 bits per heavy atom. The number of carbonyl (C=O) groups is 3. The third kappa shape index (κ3) is 5.49. The predicted octanol–water partition coefficient (Wildman–Crippen LogP) is 2.41.